The molecule has 0 radical (unpaired) electrons. The second-order valence-electron chi connectivity index (χ2n) is 6.19. The van der Waals surface area contributed by atoms with Crippen molar-refractivity contribution in [2.45, 2.75) is 11.9 Å². The van der Waals surface area contributed by atoms with Crippen LogP contribution in [0.3, 0.4) is 0 Å². The summed E-state index contributed by atoms with van der Waals surface area (Å²) in [6.07, 6.45) is 0. The Morgan fingerprint density at radius 3 is 2.69 bits per heavy atom. The van der Waals surface area contributed by atoms with Crippen molar-refractivity contribution in [1.29, 1.82) is 0 Å². The van der Waals surface area contributed by atoms with E-state index in [2.05, 4.69) is 20.5 Å². The van der Waals surface area contributed by atoms with E-state index in [0.717, 1.165) is 16.9 Å². The maximum atomic E-state index is 12.5. The number of aryl methyl sites for hydroxylation is 1. The van der Waals surface area contributed by atoms with Gasteiger partial charge in [-0.2, -0.15) is 0 Å². The van der Waals surface area contributed by atoms with Gasteiger partial charge in [-0.25, -0.2) is 9.78 Å². The first-order valence-electron chi connectivity index (χ1n) is 8.79. The number of nitrogens with one attached hydrogen (secondary N) is 1. The number of hydrogen-bond donors (Lipinski definition) is 1. The fourth-order valence-electron chi connectivity index (χ4n) is 2.99. The minimum absolute atomic E-state index is 0.0996. The smallest absolute Gasteiger partial charge is 0.339 e. The monoisotopic (exact) mass is 407 g/mol. The highest BCUT2D eigenvalue weighted by atomic mass is 32.2. The van der Waals surface area contributed by atoms with Crippen molar-refractivity contribution in [2.75, 3.05) is 18.2 Å². The molecular weight excluding hydrogens is 390 g/mol. The maximum absolute atomic E-state index is 12.5. The number of esters is 1. The van der Waals surface area contributed by atoms with Gasteiger partial charge in [0.05, 0.1) is 35.1 Å². The molecule has 29 heavy (non-hydrogen) atoms. The molecule has 1 N–H and O–H groups in total. The van der Waals surface area contributed by atoms with Gasteiger partial charge in [-0.3, -0.25) is 9.20 Å². The summed E-state index contributed by atoms with van der Waals surface area (Å²) in [7, 11) is 1.30. The van der Waals surface area contributed by atoms with Gasteiger partial charge in [0.25, 0.3) is 0 Å². The number of amides is 1. The van der Waals surface area contributed by atoms with E-state index in [9.17, 15) is 9.59 Å². The van der Waals surface area contributed by atoms with Crippen LogP contribution in [0.15, 0.2) is 53.6 Å². The Labute approximate surface area is 170 Å². The number of ether oxygens (including phenoxy) is 1. The molecule has 0 spiro atoms. The van der Waals surface area contributed by atoms with Gasteiger partial charge in [-0.1, -0.05) is 36.0 Å². The number of thioether (sulfide) groups is 1. The summed E-state index contributed by atoms with van der Waals surface area (Å²) in [5, 5.41) is 11.7. The third-order valence-electron chi connectivity index (χ3n) is 4.31. The number of benzene rings is 2. The Morgan fingerprint density at radius 2 is 1.86 bits per heavy atom. The number of hydrogen-bond acceptors (Lipinski definition) is 7. The van der Waals surface area contributed by atoms with Gasteiger partial charge in [0.1, 0.15) is 10.9 Å². The molecule has 4 rings (SSSR count). The fourth-order valence-corrected chi connectivity index (χ4v) is 3.76. The summed E-state index contributed by atoms with van der Waals surface area (Å²) in [6.45, 7) is 1.87. The van der Waals surface area contributed by atoms with E-state index in [1.165, 1.54) is 18.9 Å². The number of carbonyl (C=O) groups is 2. The molecule has 0 aliphatic carbocycles. The van der Waals surface area contributed by atoms with Crippen LogP contribution in [0.1, 0.15) is 16.2 Å². The molecule has 2 aromatic heterocycles. The quantitative estimate of drug-likeness (QED) is 0.401. The van der Waals surface area contributed by atoms with Crippen LogP contribution in [0.2, 0.25) is 0 Å². The topological polar surface area (TPSA) is 98.5 Å². The van der Waals surface area contributed by atoms with Crippen LogP contribution < -0.4 is 5.32 Å². The average molecular weight is 407 g/mol. The first kappa shape index (κ1) is 18.9. The predicted octanol–water partition coefficient (Wildman–Crippen LogP) is 3.10. The van der Waals surface area contributed by atoms with E-state index in [1.807, 2.05) is 35.6 Å². The lowest BCUT2D eigenvalue weighted by Gasteiger charge is -2.10. The number of aromatic nitrogens is 4. The number of carbonyl (C=O) groups excluding carboxylic acids is 2. The van der Waals surface area contributed by atoms with E-state index in [-0.39, 0.29) is 11.7 Å². The minimum atomic E-state index is -0.509. The Balaban J connectivity index is 1.57. The largest absolute Gasteiger partial charge is 0.465 e. The zero-order valence-electron chi connectivity index (χ0n) is 15.7. The highest BCUT2D eigenvalue weighted by molar-refractivity contribution is 8.00. The lowest BCUT2D eigenvalue weighted by atomic mass is 10.2. The Kier molecular flexibility index (Phi) is 5.13. The molecule has 0 fully saturated rings. The molecule has 0 bridgehead atoms. The molecule has 8 nitrogen and oxygen atoms in total. The molecule has 0 aliphatic rings. The number of anilines is 1. The number of rotatable bonds is 5. The van der Waals surface area contributed by atoms with Crippen LogP contribution in [0.5, 0.6) is 0 Å². The summed E-state index contributed by atoms with van der Waals surface area (Å²) in [4.78, 5) is 29.0. The predicted molar refractivity (Wildman–Crippen MR) is 110 cm³/mol. The first-order chi connectivity index (χ1) is 14.1. The Morgan fingerprint density at radius 1 is 1.10 bits per heavy atom. The molecule has 9 heteroatoms. The Hall–Kier alpha value is -3.46. The standard InChI is InChI=1S/C20H17N5O3S/c1-12-23-24-18-19(22-15-9-5-6-10-16(15)25(12)18)29-11-17(26)21-14-8-4-3-7-13(14)20(27)28-2/h3-10H,11H2,1-2H3,(H,21,26). The van der Waals surface area contributed by atoms with Crippen LogP contribution >= 0.6 is 11.8 Å². The third-order valence-corrected chi connectivity index (χ3v) is 5.26. The molecule has 146 valence electrons. The van der Waals surface area contributed by atoms with E-state index in [0.29, 0.717) is 21.9 Å². The molecule has 0 saturated carbocycles. The summed E-state index contributed by atoms with van der Waals surface area (Å²) >= 11 is 1.26. The van der Waals surface area contributed by atoms with Crippen LogP contribution in [-0.2, 0) is 9.53 Å². The lowest BCUT2D eigenvalue weighted by molar-refractivity contribution is -0.113. The van der Waals surface area contributed by atoms with Crippen molar-refractivity contribution < 1.29 is 14.3 Å². The first-order valence-corrected chi connectivity index (χ1v) is 9.77. The highest BCUT2D eigenvalue weighted by Gasteiger charge is 2.16. The van der Waals surface area contributed by atoms with Gasteiger partial charge in [-0.05, 0) is 31.2 Å². The van der Waals surface area contributed by atoms with Gasteiger partial charge < -0.3 is 10.1 Å². The molecule has 0 aliphatic heterocycles. The van der Waals surface area contributed by atoms with Crippen LogP contribution in [0, 0.1) is 6.92 Å². The zero-order valence-corrected chi connectivity index (χ0v) is 16.6. The lowest BCUT2D eigenvalue weighted by Crippen LogP contribution is -2.17. The molecule has 0 saturated heterocycles. The zero-order chi connectivity index (χ0) is 20.4. The molecule has 0 atom stereocenters. The van der Waals surface area contributed by atoms with E-state index < -0.39 is 5.97 Å². The van der Waals surface area contributed by atoms with Crippen molar-refractivity contribution in [3.63, 3.8) is 0 Å². The average Bonchev–Trinajstić information content (AvgIpc) is 3.14. The van der Waals surface area contributed by atoms with Gasteiger partial charge >= 0.3 is 5.97 Å². The van der Waals surface area contributed by atoms with Crippen LogP contribution in [-0.4, -0.2) is 44.3 Å². The van der Waals surface area contributed by atoms with Crippen molar-refractivity contribution in [2.24, 2.45) is 0 Å². The van der Waals surface area contributed by atoms with Gasteiger partial charge in [-0.15, -0.1) is 10.2 Å². The third kappa shape index (κ3) is 3.64. The molecular formula is C20H17N5O3S. The summed E-state index contributed by atoms with van der Waals surface area (Å²) in [5.41, 5.74) is 3.01. The molecule has 0 unspecified atom stereocenters. The van der Waals surface area contributed by atoms with Crippen molar-refractivity contribution in [3.8, 4) is 0 Å². The number of methoxy groups -OCH3 is 1. The van der Waals surface area contributed by atoms with Crippen molar-refractivity contribution in [1.82, 2.24) is 19.6 Å². The van der Waals surface area contributed by atoms with E-state index in [1.54, 1.807) is 24.3 Å². The SMILES string of the molecule is COC(=O)c1ccccc1NC(=O)CSc1nc2ccccc2n2c(C)nnc12. The number of fused-ring (bicyclic) bond motifs is 3. The Bertz CT molecular complexity index is 1240. The van der Waals surface area contributed by atoms with Crippen molar-refractivity contribution in [3.05, 3.63) is 59.9 Å². The van der Waals surface area contributed by atoms with Crippen LogP contribution in [0.4, 0.5) is 5.69 Å². The van der Waals surface area contributed by atoms with Crippen LogP contribution in [0.25, 0.3) is 16.7 Å². The second-order valence-corrected chi connectivity index (χ2v) is 7.15. The minimum Gasteiger partial charge on any atom is -0.465 e. The highest BCUT2D eigenvalue weighted by Crippen LogP contribution is 2.26. The molecule has 1 amide bonds. The van der Waals surface area contributed by atoms with Gasteiger partial charge in [0, 0.05) is 0 Å². The number of nitrogens with zero attached hydrogens (tertiary/aromatic N) is 4. The van der Waals surface area contributed by atoms with Crippen molar-refractivity contribution >= 4 is 46.0 Å². The van der Waals surface area contributed by atoms with E-state index >= 15 is 0 Å². The number of para-hydroxylation sites is 3. The summed E-state index contributed by atoms with van der Waals surface area (Å²) in [6, 6.07) is 14.4. The van der Waals surface area contributed by atoms with Gasteiger partial charge in [0.15, 0.2) is 5.65 Å². The molecule has 2 heterocycles. The molecule has 4 aromatic rings. The van der Waals surface area contributed by atoms with E-state index in [4.69, 9.17) is 4.74 Å². The van der Waals surface area contributed by atoms with Gasteiger partial charge in [0.2, 0.25) is 5.91 Å². The molecule has 2 aromatic carbocycles. The summed E-state index contributed by atoms with van der Waals surface area (Å²) in [5.74, 6) is 0.0700. The second kappa shape index (κ2) is 7.88. The fraction of sp³-hybridized carbons (Fsp3) is 0.150. The normalized spacial score (nSPS) is 11.0. The summed E-state index contributed by atoms with van der Waals surface area (Å²) < 4.78 is 6.68. The maximum Gasteiger partial charge on any atom is 0.339 e.